The van der Waals surface area contributed by atoms with Crippen LogP contribution < -0.4 is 16.0 Å². The number of carboxylic acids is 1. The second-order valence-electron chi connectivity index (χ2n) is 6.76. The van der Waals surface area contributed by atoms with Gasteiger partial charge in [0.2, 0.25) is 17.7 Å². The molecule has 4 N–H and O–H groups in total. The van der Waals surface area contributed by atoms with Crippen molar-refractivity contribution in [1.82, 2.24) is 16.0 Å². The number of aliphatic carboxylic acids is 1. The summed E-state index contributed by atoms with van der Waals surface area (Å²) in [5.74, 6) is -2.80. The first-order valence-corrected chi connectivity index (χ1v) is 9.56. The normalized spacial score (nSPS) is 13.6. The summed E-state index contributed by atoms with van der Waals surface area (Å²) < 4.78 is 0. The number of rotatable bonds is 12. The van der Waals surface area contributed by atoms with E-state index in [1.165, 1.54) is 13.3 Å². The van der Waals surface area contributed by atoms with Gasteiger partial charge in [0.15, 0.2) is 0 Å². The summed E-state index contributed by atoms with van der Waals surface area (Å²) in [6, 6.07) is 6.92. The van der Waals surface area contributed by atoms with Gasteiger partial charge in [0.1, 0.15) is 12.1 Å². The fourth-order valence-electron chi connectivity index (χ4n) is 2.41. The molecule has 0 bridgehead atoms. The van der Waals surface area contributed by atoms with Crippen LogP contribution in [0.25, 0.3) is 0 Å². The average Bonchev–Trinajstić information content (AvgIpc) is 2.70. The lowest BCUT2D eigenvalue weighted by atomic mass is 10.0. The van der Waals surface area contributed by atoms with Gasteiger partial charge in [-0.2, -0.15) is 0 Å². The molecule has 0 spiro atoms. The van der Waals surface area contributed by atoms with Crippen LogP contribution in [0.1, 0.15) is 39.2 Å². The number of carboxylic acid groups (broad SMARTS) is 1. The highest BCUT2D eigenvalue weighted by atomic mass is 16.4. The molecule has 158 valence electrons. The Morgan fingerprint density at radius 2 is 1.69 bits per heavy atom. The van der Waals surface area contributed by atoms with Crippen LogP contribution in [0.15, 0.2) is 30.3 Å². The first-order valence-electron chi connectivity index (χ1n) is 9.56. The van der Waals surface area contributed by atoms with Gasteiger partial charge in [-0.15, -0.1) is 0 Å². The van der Waals surface area contributed by atoms with Gasteiger partial charge >= 0.3 is 5.97 Å². The fraction of sp³-hybridized carbons (Fsp3) is 0.429. The Labute approximate surface area is 171 Å². The van der Waals surface area contributed by atoms with E-state index in [-0.39, 0.29) is 12.3 Å². The molecule has 8 heteroatoms. The Kier molecular flexibility index (Phi) is 10.4. The molecule has 0 aliphatic carbocycles. The molecule has 8 nitrogen and oxygen atoms in total. The Bertz CT molecular complexity index is 693. The lowest BCUT2D eigenvalue weighted by Gasteiger charge is -2.23. The minimum atomic E-state index is -1.29. The zero-order valence-electron chi connectivity index (χ0n) is 17.0. The van der Waals surface area contributed by atoms with Gasteiger partial charge in [0, 0.05) is 12.8 Å². The maximum atomic E-state index is 12.7. The lowest BCUT2D eigenvalue weighted by molar-refractivity contribution is -0.140. The molecule has 0 saturated heterocycles. The minimum absolute atomic E-state index is 0.158. The van der Waals surface area contributed by atoms with Crippen LogP contribution in [-0.2, 0) is 25.6 Å². The van der Waals surface area contributed by atoms with Crippen LogP contribution in [0.5, 0.6) is 0 Å². The van der Waals surface area contributed by atoms with Crippen LogP contribution in [0.3, 0.4) is 0 Å². The third kappa shape index (κ3) is 9.23. The standard InChI is InChI=1S/C21H29N3O5/c1-4-14(3)13-22-20(28)16(11-15-9-7-6-8-10-15)24-21(29)17(12-19(26)27)23-18(25)5-2/h5-10,13-14,16-17H,4,11-12H2,1-3H3,(H,22,28)(H,23,25)(H,24,29)(H,26,27)/t14-,16-,17-/m1/s1. The zero-order chi connectivity index (χ0) is 21.8. The third-order valence-electron chi connectivity index (χ3n) is 4.34. The Hall–Kier alpha value is -2.90. The summed E-state index contributed by atoms with van der Waals surface area (Å²) in [6.07, 6.45) is 1.66. The third-order valence-corrected chi connectivity index (χ3v) is 4.34. The van der Waals surface area contributed by atoms with E-state index in [9.17, 15) is 19.2 Å². The Morgan fingerprint density at radius 1 is 1.03 bits per heavy atom. The molecule has 0 unspecified atom stereocenters. The van der Waals surface area contributed by atoms with Gasteiger partial charge in [-0.1, -0.05) is 57.5 Å². The summed E-state index contributed by atoms with van der Waals surface area (Å²) in [5, 5.41) is 16.7. The van der Waals surface area contributed by atoms with Crippen molar-refractivity contribution in [2.75, 3.05) is 0 Å². The summed E-state index contributed by atoms with van der Waals surface area (Å²) in [5.41, 5.74) is 0.831. The fourth-order valence-corrected chi connectivity index (χ4v) is 2.41. The monoisotopic (exact) mass is 403 g/mol. The maximum Gasteiger partial charge on any atom is 0.305 e. The molecule has 0 heterocycles. The lowest BCUT2D eigenvalue weighted by Crippen LogP contribution is -2.54. The second-order valence-corrected chi connectivity index (χ2v) is 6.76. The summed E-state index contributed by atoms with van der Waals surface area (Å²) in [6.45, 7) is 7.07. The smallest absolute Gasteiger partial charge is 0.305 e. The Balaban J connectivity index is 2.93. The van der Waals surface area contributed by atoms with E-state index in [0.29, 0.717) is 0 Å². The van der Waals surface area contributed by atoms with Crippen molar-refractivity contribution >= 4 is 23.7 Å². The summed E-state index contributed by atoms with van der Waals surface area (Å²) >= 11 is 0. The molecule has 1 aromatic carbocycles. The van der Waals surface area contributed by atoms with E-state index >= 15 is 0 Å². The van der Waals surface area contributed by atoms with Crippen molar-refractivity contribution in [2.45, 2.75) is 52.1 Å². The number of carbonyl (C=O) groups is 4. The van der Waals surface area contributed by atoms with E-state index in [4.69, 9.17) is 5.11 Å². The molecule has 0 aliphatic heterocycles. The number of carbonyl (C=O) groups excluding carboxylic acids is 3. The van der Waals surface area contributed by atoms with Crippen molar-refractivity contribution in [3.05, 3.63) is 48.9 Å². The quantitative estimate of drug-likeness (QED) is 0.418. The van der Waals surface area contributed by atoms with E-state index in [2.05, 4.69) is 16.0 Å². The molecule has 0 aliphatic rings. The molecule has 29 heavy (non-hydrogen) atoms. The predicted molar refractivity (Wildman–Crippen MR) is 108 cm³/mol. The van der Waals surface area contributed by atoms with Crippen molar-refractivity contribution < 1.29 is 24.3 Å². The molecule has 1 rings (SSSR count). The molecule has 1 aromatic rings. The maximum absolute atomic E-state index is 12.7. The Morgan fingerprint density at radius 3 is 2.24 bits per heavy atom. The van der Waals surface area contributed by atoms with Gasteiger partial charge in [-0.05, 0) is 11.5 Å². The summed E-state index contributed by atoms with van der Waals surface area (Å²) in [4.78, 5) is 48.0. The predicted octanol–water partition coefficient (Wildman–Crippen LogP) is 1.22. The molecular formula is C21H29N3O5. The van der Waals surface area contributed by atoms with Gasteiger partial charge < -0.3 is 21.1 Å². The molecule has 3 amide bonds. The van der Waals surface area contributed by atoms with Gasteiger partial charge in [0.25, 0.3) is 0 Å². The SMILES string of the molecule is C[CH]C(=O)N[C@H](CC(=O)O)C(=O)N[C@H](Cc1ccccc1)C(=O)N[CH][C@H](C)CC. The molecular weight excluding hydrogens is 374 g/mol. The van der Waals surface area contributed by atoms with E-state index in [1.807, 2.05) is 44.2 Å². The molecule has 0 saturated carbocycles. The summed E-state index contributed by atoms with van der Waals surface area (Å²) in [7, 11) is 0. The molecule has 0 aromatic heterocycles. The van der Waals surface area contributed by atoms with Crippen LogP contribution in [0, 0.1) is 18.9 Å². The van der Waals surface area contributed by atoms with Gasteiger partial charge in [0.05, 0.1) is 13.0 Å². The topological polar surface area (TPSA) is 125 Å². The van der Waals surface area contributed by atoms with Crippen molar-refractivity contribution in [2.24, 2.45) is 5.92 Å². The highest BCUT2D eigenvalue weighted by Crippen LogP contribution is 2.07. The number of amides is 3. The highest BCUT2D eigenvalue weighted by molar-refractivity contribution is 5.95. The molecule has 0 fully saturated rings. The van der Waals surface area contributed by atoms with Crippen LogP contribution >= 0.6 is 0 Å². The van der Waals surface area contributed by atoms with Crippen molar-refractivity contribution in [3.8, 4) is 0 Å². The molecule has 2 radical (unpaired) electrons. The molecule has 3 atom stereocenters. The van der Waals surface area contributed by atoms with Crippen LogP contribution in [-0.4, -0.2) is 40.9 Å². The first kappa shape index (κ1) is 24.1. The van der Waals surface area contributed by atoms with E-state index < -0.39 is 42.2 Å². The van der Waals surface area contributed by atoms with Crippen LogP contribution in [0.2, 0.25) is 0 Å². The van der Waals surface area contributed by atoms with Crippen molar-refractivity contribution in [1.29, 1.82) is 0 Å². The first-order chi connectivity index (χ1) is 13.8. The van der Waals surface area contributed by atoms with Gasteiger partial charge in [-0.3, -0.25) is 19.2 Å². The number of hydrogen-bond donors (Lipinski definition) is 4. The number of nitrogens with one attached hydrogen (secondary N) is 3. The number of benzene rings is 1. The highest BCUT2D eigenvalue weighted by Gasteiger charge is 2.28. The van der Waals surface area contributed by atoms with Crippen molar-refractivity contribution in [3.63, 3.8) is 0 Å². The number of hydrogen-bond acceptors (Lipinski definition) is 4. The minimum Gasteiger partial charge on any atom is -0.481 e. The van der Waals surface area contributed by atoms with Crippen LogP contribution in [0.4, 0.5) is 0 Å². The average molecular weight is 403 g/mol. The van der Waals surface area contributed by atoms with E-state index in [0.717, 1.165) is 12.0 Å². The largest absolute Gasteiger partial charge is 0.481 e. The van der Waals surface area contributed by atoms with Gasteiger partial charge in [-0.25, -0.2) is 0 Å². The van der Waals surface area contributed by atoms with E-state index in [1.54, 1.807) is 6.54 Å². The second kappa shape index (κ2) is 12.5. The zero-order valence-corrected chi connectivity index (χ0v) is 17.0.